The Morgan fingerprint density at radius 1 is 1.22 bits per heavy atom. The minimum absolute atomic E-state index is 0.377. The summed E-state index contributed by atoms with van der Waals surface area (Å²) in [4.78, 5) is 4.05. The third kappa shape index (κ3) is 4.78. The van der Waals surface area contributed by atoms with Crippen molar-refractivity contribution in [2.24, 2.45) is 0 Å². The highest BCUT2D eigenvalue weighted by molar-refractivity contribution is 7.71. The van der Waals surface area contributed by atoms with Gasteiger partial charge in [0, 0.05) is 18.2 Å². The highest BCUT2D eigenvalue weighted by Gasteiger charge is 2.08. The Morgan fingerprint density at radius 3 is 2.74 bits per heavy atom. The van der Waals surface area contributed by atoms with Crippen LogP contribution in [0.1, 0.15) is 23.9 Å². The van der Waals surface area contributed by atoms with Crippen molar-refractivity contribution in [1.29, 1.82) is 0 Å². The molecule has 142 valence electrons. The van der Waals surface area contributed by atoms with Gasteiger partial charge in [-0.2, -0.15) is 5.10 Å². The van der Waals surface area contributed by atoms with Crippen LogP contribution in [-0.2, 0) is 19.6 Å². The second-order valence-corrected chi connectivity index (χ2v) is 6.51. The zero-order chi connectivity index (χ0) is 19.2. The quantitative estimate of drug-likeness (QED) is 0.437. The lowest BCUT2D eigenvalue weighted by molar-refractivity contribution is 0.284. The predicted molar refractivity (Wildman–Crippen MR) is 106 cm³/mol. The normalized spacial score (nSPS) is 10.6. The second-order valence-electron chi connectivity index (χ2n) is 5.73. The fourth-order valence-electron chi connectivity index (χ4n) is 2.49. The molecule has 0 saturated carbocycles. The van der Waals surface area contributed by atoms with Crippen molar-refractivity contribution in [3.05, 3.63) is 63.4 Å². The van der Waals surface area contributed by atoms with Crippen molar-refractivity contribution in [1.82, 2.24) is 19.9 Å². The minimum Gasteiger partial charge on any atom is -0.493 e. The minimum atomic E-state index is 0.377. The van der Waals surface area contributed by atoms with Crippen molar-refractivity contribution in [2.75, 3.05) is 12.5 Å². The maximum absolute atomic E-state index is 5.85. The van der Waals surface area contributed by atoms with Crippen LogP contribution in [0.25, 0.3) is 0 Å². The average Bonchev–Trinajstić information content (AvgIpc) is 3.05. The third-order valence-corrected chi connectivity index (χ3v) is 4.41. The van der Waals surface area contributed by atoms with E-state index < -0.39 is 0 Å². The molecule has 3 rings (SSSR count). The van der Waals surface area contributed by atoms with E-state index in [-0.39, 0.29) is 0 Å². The SMILES string of the molecule is CCc1n[nH]c(=S)n1NCc1ccc(OCc2ccc(Cl)nc2)c(OC)c1. The van der Waals surface area contributed by atoms with Crippen LogP contribution in [0.15, 0.2) is 36.5 Å². The first-order valence-corrected chi connectivity index (χ1v) is 9.19. The van der Waals surface area contributed by atoms with Gasteiger partial charge in [-0.1, -0.05) is 30.7 Å². The number of halogens is 1. The highest BCUT2D eigenvalue weighted by atomic mass is 35.5. The number of rotatable bonds is 8. The molecular formula is C18H20ClN5O2S. The maximum Gasteiger partial charge on any atom is 0.214 e. The summed E-state index contributed by atoms with van der Waals surface area (Å²) in [6, 6.07) is 9.39. The predicted octanol–water partition coefficient (Wildman–Crippen LogP) is 3.88. The van der Waals surface area contributed by atoms with Crippen LogP contribution in [0.4, 0.5) is 0 Å². The van der Waals surface area contributed by atoms with Gasteiger partial charge in [0.25, 0.3) is 0 Å². The molecule has 0 fully saturated rings. The Labute approximate surface area is 167 Å². The molecule has 2 N–H and O–H groups in total. The molecule has 0 bridgehead atoms. The molecule has 0 aliphatic carbocycles. The lowest BCUT2D eigenvalue weighted by atomic mass is 10.2. The van der Waals surface area contributed by atoms with Crippen LogP contribution < -0.4 is 14.9 Å². The van der Waals surface area contributed by atoms with Crippen molar-refractivity contribution in [3.63, 3.8) is 0 Å². The van der Waals surface area contributed by atoms with E-state index in [0.717, 1.165) is 23.4 Å². The van der Waals surface area contributed by atoms with Crippen molar-refractivity contribution < 1.29 is 9.47 Å². The number of pyridine rings is 1. The topological polar surface area (TPSA) is 77.0 Å². The molecule has 0 amide bonds. The molecule has 2 heterocycles. The van der Waals surface area contributed by atoms with Gasteiger partial charge in [0.1, 0.15) is 11.8 Å². The average molecular weight is 406 g/mol. The molecule has 0 unspecified atom stereocenters. The number of ether oxygens (including phenoxy) is 2. The van der Waals surface area contributed by atoms with Crippen LogP contribution in [0.2, 0.25) is 5.15 Å². The van der Waals surface area contributed by atoms with Gasteiger partial charge in [-0.25, -0.2) is 9.66 Å². The first kappa shape index (κ1) is 19.2. The number of aromatic nitrogens is 4. The van der Waals surface area contributed by atoms with Gasteiger partial charge in [-0.3, -0.25) is 5.10 Å². The Morgan fingerprint density at radius 2 is 2.04 bits per heavy atom. The van der Waals surface area contributed by atoms with Crippen LogP contribution in [0.5, 0.6) is 11.5 Å². The molecule has 0 atom stereocenters. The summed E-state index contributed by atoms with van der Waals surface area (Å²) in [7, 11) is 1.62. The molecule has 0 aliphatic rings. The van der Waals surface area contributed by atoms with Crippen molar-refractivity contribution >= 4 is 23.8 Å². The van der Waals surface area contributed by atoms with E-state index in [1.807, 2.05) is 31.2 Å². The Bertz CT molecular complexity index is 955. The molecule has 0 radical (unpaired) electrons. The summed E-state index contributed by atoms with van der Waals surface area (Å²) < 4.78 is 13.6. The second kappa shape index (κ2) is 8.88. The number of methoxy groups -OCH3 is 1. The first-order chi connectivity index (χ1) is 13.1. The van der Waals surface area contributed by atoms with Crippen molar-refractivity contribution in [2.45, 2.75) is 26.5 Å². The zero-order valence-corrected chi connectivity index (χ0v) is 16.6. The number of nitrogens with one attached hydrogen (secondary N) is 2. The summed E-state index contributed by atoms with van der Waals surface area (Å²) >= 11 is 11.0. The summed E-state index contributed by atoms with van der Waals surface area (Å²) in [5.41, 5.74) is 5.21. The molecular weight excluding hydrogens is 386 g/mol. The van der Waals surface area contributed by atoms with Gasteiger partial charge in [0.05, 0.1) is 13.7 Å². The van der Waals surface area contributed by atoms with Gasteiger partial charge in [0.2, 0.25) is 4.77 Å². The van der Waals surface area contributed by atoms with E-state index in [4.69, 9.17) is 33.3 Å². The number of aromatic amines is 1. The molecule has 2 aromatic heterocycles. The van der Waals surface area contributed by atoms with Gasteiger partial charge in [-0.15, -0.1) is 0 Å². The largest absolute Gasteiger partial charge is 0.493 e. The number of aryl methyl sites for hydroxylation is 1. The van der Waals surface area contributed by atoms with E-state index in [2.05, 4.69) is 20.6 Å². The lowest BCUT2D eigenvalue weighted by Crippen LogP contribution is -2.17. The Balaban J connectivity index is 1.67. The van der Waals surface area contributed by atoms with E-state index in [0.29, 0.717) is 34.6 Å². The number of nitrogens with zero attached hydrogens (tertiary/aromatic N) is 3. The Kier molecular flexibility index (Phi) is 6.31. The fraction of sp³-hybridized carbons (Fsp3) is 0.278. The maximum atomic E-state index is 5.85. The molecule has 0 aliphatic heterocycles. The fourth-order valence-corrected chi connectivity index (χ4v) is 2.82. The Hall–Kier alpha value is -2.58. The number of hydrogen-bond acceptors (Lipinski definition) is 6. The third-order valence-electron chi connectivity index (χ3n) is 3.91. The van der Waals surface area contributed by atoms with Crippen molar-refractivity contribution in [3.8, 4) is 11.5 Å². The molecule has 0 spiro atoms. The van der Waals surface area contributed by atoms with E-state index in [1.54, 1.807) is 24.0 Å². The van der Waals surface area contributed by atoms with E-state index >= 15 is 0 Å². The molecule has 27 heavy (non-hydrogen) atoms. The lowest BCUT2D eigenvalue weighted by Gasteiger charge is -2.14. The summed E-state index contributed by atoms with van der Waals surface area (Å²) in [5.74, 6) is 2.16. The van der Waals surface area contributed by atoms with Gasteiger partial charge in [-0.05, 0) is 36.0 Å². The monoisotopic (exact) mass is 405 g/mol. The van der Waals surface area contributed by atoms with E-state index in [9.17, 15) is 0 Å². The van der Waals surface area contributed by atoms with Crippen LogP contribution in [0, 0.1) is 4.77 Å². The number of benzene rings is 1. The standard InChI is InChI=1S/C18H20ClN5O2S/c1-3-17-22-23-18(27)24(17)21-10-12-4-6-14(15(8-12)25-2)26-11-13-5-7-16(19)20-9-13/h4-9,21H,3,10-11H2,1-2H3,(H,23,27). The molecule has 0 saturated heterocycles. The molecule has 1 aromatic carbocycles. The van der Waals surface area contributed by atoms with Gasteiger partial charge in [0.15, 0.2) is 17.3 Å². The number of hydrogen-bond donors (Lipinski definition) is 2. The highest BCUT2D eigenvalue weighted by Crippen LogP contribution is 2.29. The van der Waals surface area contributed by atoms with Gasteiger partial charge >= 0.3 is 0 Å². The molecule has 3 aromatic rings. The summed E-state index contributed by atoms with van der Waals surface area (Å²) in [6.07, 6.45) is 2.46. The smallest absolute Gasteiger partial charge is 0.214 e. The zero-order valence-electron chi connectivity index (χ0n) is 15.0. The summed E-state index contributed by atoms with van der Waals surface area (Å²) in [6.45, 7) is 2.97. The number of H-pyrrole nitrogens is 1. The van der Waals surface area contributed by atoms with Crippen LogP contribution in [-0.4, -0.2) is 27.0 Å². The summed E-state index contributed by atoms with van der Waals surface area (Å²) in [5, 5.41) is 7.42. The van der Waals surface area contributed by atoms with Crippen LogP contribution in [0.3, 0.4) is 0 Å². The molecule has 9 heteroatoms. The first-order valence-electron chi connectivity index (χ1n) is 8.41. The van der Waals surface area contributed by atoms with Crippen LogP contribution >= 0.6 is 23.8 Å². The van der Waals surface area contributed by atoms with Gasteiger partial charge < -0.3 is 14.9 Å². The molecule has 7 nitrogen and oxygen atoms in total. The van der Waals surface area contributed by atoms with E-state index in [1.165, 1.54) is 0 Å².